The molecule has 0 aliphatic rings. The summed E-state index contributed by atoms with van der Waals surface area (Å²) < 4.78 is 26.2. The lowest BCUT2D eigenvalue weighted by Gasteiger charge is -2.06. The highest BCUT2D eigenvalue weighted by Gasteiger charge is 2.12. The molecule has 0 aliphatic carbocycles. The first-order valence-corrected chi connectivity index (χ1v) is 8.40. The molecule has 0 atom stereocenters. The van der Waals surface area contributed by atoms with Crippen molar-refractivity contribution in [1.29, 1.82) is 0 Å². The average molecular weight is 289 g/mol. The van der Waals surface area contributed by atoms with E-state index in [1.165, 1.54) is 0 Å². The minimum absolute atomic E-state index is 0.181. The summed E-state index contributed by atoms with van der Waals surface area (Å²) in [5, 5.41) is 8.68. The van der Waals surface area contributed by atoms with Crippen LogP contribution in [0.4, 0.5) is 0 Å². The first-order valence-electron chi connectivity index (χ1n) is 5.93. The summed E-state index contributed by atoms with van der Waals surface area (Å²) in [4.78, 5) is 1.31. The van der Waals surface area contributed by atoms with Gasteiger partial charge in [-0.05, 0) is 37.1 Å². The molecule has 1 aromatic carbocycles. The van der Waals surface area contributed by atoms with Crippen molar-refractivity contribution in [2.75, 3.05) is 18.9 Å². The van der Waals surface area contributed by atoms with Crippen LogP contribution in [-0.4, -0.2) is 32.4 Å². The first-order chi connectivity index (χ1) is 8.60. The van der Waals surface area contributed by atoms with Crippen LogP contribution in [0.5, 0.6) is 0 Å². The first kappa shape index (κ1) is 15.5. The van der Waals surface area contributed by atoms with Crippen LogP contribution in [0.25, 0.3) is 0 Å². The topological polar surface area (TPSA) is 66.4 Å². The molecule has 6 heteroatoms. The number of hydrogen-bond donors (Lipinski definition) is 2. The van der Waals surface area contributed by atoms with Crippen molar-refractivity contribution in [1.82, 2.24) is 4.72 Å². The molecule has 1 aromatic rings. The fourth-order valence-corrected chi connectivity index (χ4v) is 3.26. The number of benzene rings is 1. The van der Waals surface area contributed by atoms with E-state index in [-0.39, 0.29) is 6.61 Å². The van der Waals surface area contributed by atoms with E-state index in [4.69, 9.17) is 5.11 Å². The van der Waals surface area contributed by atoms with Crippen molar-refractivity contribution in [3.8, 4) is 0 Å². The molecule has 1 rings (SSSR count). The second-order valence-corrected chi connectivity index (χ2v) is 6.73. The summed E-state index contributed by atoms with van der Waals surface area (Å²) in [7, 11) is -3.36. The minimum atomic E-state index is -3.36. The van der Waals surface area contributed by atoms with E-state index < -0.39 is 10.0 Å². The molecule has 0 heterocycles. The van der Waals surface area contributed by atoms with Gasteiger partial charge in [-0.1, -0.05) is 6.92 Å². The van der Waals surface area contributed by atoms with Gasteiger partial charge in [-0.25, -0.2) is 13.1 Å². The molecule has 2 N–H and O–H groups in total. The average Bonchev–Trinajstić information content (AvgIpc) is 2.37. The third kappa shape index (κ3) is 4.97. The van der Waals surface area contributed by atoms with Crippen LogP contribution in [0.3, 0.4) is 0 Å². The normalized spacial score (nSPS) is 11.7. The predicted molar refractivity (Wildman–Crippen MR) is 74.3 cm³/mol. The number of nitrogens with one attached hydrogen (secondary N) is 1. The molecule has 0 radical (unpaired) electrons. The highest BCUT2D eigenvalue weighted by atomic mass is 32.2. The van der Waals surface area contributed by atoms with Crippen molar-refractivity contribution in [3.05, 3.63) is 24.3 Å². The second kappa shape index (κ2) is 7.78. The van der Waals surface area contributed by atoms with Gasteiger partial charge in [0.05, 0.1) is 4.90 Å². The molecule has 0 bridgehead atoms. The summed E-state index contributed by atoms with van der Waals surface area (Å²) in [5.74, 6) is 0.830. The van der Waals surface area contributed by atoms with Gasteiger partial charge >= 0.3 is 0 Å². The highest BCUT2D eigenvalue weighted by molar-refractivity contribution is 7.99. The fourth-order valence-electron chi connectivity index (χ4n) is 1.29. The van der Waals surface area contributed by atoms with E-state index in [1.807, 2.05) is 6.92 Å². The van der Waals surface area contributed by atoms with Gasteiger partial charge in [0.1, 0.15) is 0 Å². The zero-order chi connectivity index (χ0) is 13.4. The number of aliphatic hydroxyl groups is 1. The van der Waals surface area contributed by atoms with Crippen molar-refractivity contribution in [3.63, 3.8) is 0 Å². The van der Waals surface area contributed by atoms with Crippen LogP contribution in [0.1, 0.15) is 19.8 Å². The Hall–Kier alpha value is -0.560. The van der Waals surface area contributed by atoms with E-state index in [0.717, 1.165) is 23.5 Å². The van der Waals surface area contributed by atoms with Crippen molar-refractivity contribution in [2.45, 2.75) is 29.6 Å². The van der Waals surface area contributed by atoms with Crippen molar-refractivity contribution >= 4 is 21.8 Å². The molecule has 0 aromatic heterocycles. The molecule has 18 heavy (non-hydrogen) atoms. The maximum absolute atomic E-state index is 11.8. The van der Waals surface area contributed by atoms with E-state index in [9.17, 15) is 8.42 Å². The van der Waals surface area contributed by atoms with Gasteiger partial charge in [0.25, 0.3) is 0 Å². The zero-order valence-corrected chi connectivity index (χ0v) is 12.1. The Labute approximate surface area is 113 Å². The summed E-state index contributed by atoms with van der Waals surface area (Å²) in [6.07, 6.45) is 1.51. The standard InChI is InChI=1S/C12H19NO3S2/c1-2-8-13-18(15,16)12-6-4-11(5-7-12)17-10-3-9-14/h4-7,13-14H,2-3,8-10H2,1H3. The molecule has 4 nitrogen and oxygen atoms in total. The van der Waals surface area contributed by atoms with Crippen LogP contribution in [0, 0.1) is 0 Å². The Morgan fingerprint density at radius 2 is 1.94 bits per heavy atom. The molecule has 0 spiro atoms. The van der Waals surface area contributed by atoms with Crippen molar-refractivity contribution < 1.29 is 13.5 Å². The van der Waals surface area contributed by atoms with Crippen LogP contribution >= 0.6 is 11.8 Å². The number of hydrogen-bond acceptors (Lipinski definition) is 4. The molecule has 102 valence electrons. The molecule has 0 fully saturated rings. The number of rotatable bonds is 8. The van der Waals surface area contributed by atoms with Crippen LogP contribution in [0.2, 0.25) is 0 Å². The van der Waals surface area contributed by atoms with Gasteiger partial charge in [0.15, 0.2) is 0 Å². The molecular formula is C12H19NO3S2. The number of sulfonamides is 1. The highest BCUT2D eigenvalue weighted by Crippen LogP contribution is 2.20. The summed E-state index contributed by atoms with van der Waals surface area (Å²) in [5.41, 5.74) is 0. The minimum Gasteiger partial charge on any atom is -0.396 e. The smallest absolute Gasteiger partial charge is 0.240 e. The third-order valence-corrected chi connectivity index (χ3v) is 4.82. The molecule has 0 unspecified atom stereocenters. The Bertz CT molecular complexity index is 443. The largest absolute Gasteiger partial charge is 0.396 e. The van der Waals surface area contributed by atoms with Crippen LogP contribution in [-0.2, 0) is 10.0 Å². The number of thioether (sulfide) groups is 1. The van der Waals surface area contributed by atoms with Gasteiger partial charge in [-0.2, -0.15) is 0 Å². The van der Waals surface area contributed by atoms with E-state index in [1.54, 1.807) is 36.0 Å². The second-order valence-electron chi connectivity index (χ2n) is 3.79. The lowest BCUT2D eigenvalue weighted by molar-refractivity contribution is 0.296. The summed E-state index contributed by atoms with van der Waals surface area (Å²) >= 11 is 1.61. The molecular weight excluding hydrogens is 270 g/mol. The Balaban J connectivity index is 2.64. The Morgan fingerprint density at radius 1 is 1.28 bits per heavy atom. The van der Waals surface area contributed by atoms with Gasteiger partial charge in [0.2, 0.25) is 10.0 Å². The Kier molecular flexibility index (Phi) is 6.70. The van der Waals surface area contributed by atoms with Gasteiger partial charge in [0, 0.05) is 23.8 Å². The fraction of sp³-hybridized carbons (Fsp3) is 0.500. The van der Waals surface area contributed by atoms with Crippen molar-refractivity contribution in [2.24, 2.45) is 0 Å². The zero-order valence-electron chi connectivity index (χ0n) is 10.4. The Morgan fingerprint density at radius 3 is 2.50 bits per heavy atom. The van der Waals surface area contributed by atoms with Gasteiger partial charge in [-0.3, -0.25) is 0 Å². The summed E-state index contributed by atoms with van der Waals surface area (Å²) in [6, 6.07) is 6.81. The van der Waals surface area contributed by atoms with E-state index >= 15 is 0 Å². The molecule has 0 saturated heterocycles. The monoisotopic (exact) mass is 289 g/mol. The molecule has 0 saturated carbocycles. The molecule has 0 aliphatic heterocycles. The van der Waals surface area contributed by atoms with Gasteiger partial charge < -0.3 is 5.11 Å². The quantitative estimate of drug-likeness (QED) is 0.566. The van der Waals surface area contributed by atoms with E-state index in [0.29, 0.717) is 11.4 Å². The maximum Gasteiger partial charge on any atom is 0.240 e. The van der Waals surface area contributed by atoms with Gasteiger partial charge in [-0.15, -0.1) is 11.8 Å². The van der Waals surface area contributed by atoms with Crippen LogP contribution < -0.4 is 4.72 Å². The van der Waals surface area contributed by atoms with E-state index in [2.05, 4.69) is 4.72 Å². The lowest BCUT2D eigenvalue weighted by Crippen LogP contribution is -2.24. The lowest BCUT2D eigenvalue weighted by atomic mass is 10.4. The number of aliphatic hydroxyl groups excluding tert-OH is 1. The maximum atomic E-state index is 11.8. The summed E-state index contributed by atoms with van der Waals surface area (Å²) in [6.45, 7) is 2.55. The van der Waals surface area contributed by atoms with Crippen LogP contribution in [0.15, 0.2) is 34.1 Å². The molecule has 0 amide bonds. The SMILES string of the molecule is CCCNS(=O)(=O)c1ccc(SCCCO)cc1. The predicted octanol–water partition coefficient (Wildman–Crippen LogP) is 1.85. The third-order valence-electron chi connectivity index (χ3n) is 2.25.